The van der Waals surface area contributed by atoms with Crippen molar-refractivity contribution in [2.75, 3.05) is 6.54 Å². The number of fused-ring (bicyclic) bond motifs is 1. The summed E-state index contributed by atoms with van der Waals surface area (Å²) in [5.41, 5.74) is 11.8. The highest BCUT2D eigenvalue weighted by molar-refractivity contribution is 6.08. The number of nitrogens with two attached hydrogens (primary N) is 1. The number of amides is 2. The van der Waals surface area contributed by atoms with Gasteiger partial charge in [0.25, 0.3) is 11.8 Å². The van der Waals surface area contributed by atoms with Gasteiger partial charge in [-0.15, -0.1) is 0 Å². The van der Waals surface area contributed by atoms with E-state index in [0.717, 1.165) is 36.1 Å². The molecule has 1 aliphatic heterocycles. The summed E-state index contributed by atoms with van der Waals surface area (Å²) in [6, 6.07) is 10.6. The van der Waals surface area contributed by atoms with Crippen LogP contribution in [0, 0.1) is 5.92 Å². The molecule has 210 valence electrons. The fourth-order valence-electron chi connectivity index (χ4n) is 5.68. The molecule has 40 heavy (non-hydrogen) atoms. The Balaban J connectivity index is 1.42. The lowest BCUT2D eigenvalue weighted by Crippen LogP contribution is -2.46. The summed E-state index contributed by atoms with van der Waals surface area (Å²) in [7, 11) is 0. The average Bonchev–Trinajstić information content (AvgIpc) is 3.36. The maximum atomic E-state index is 13.6. The van der Waals surface area contributed by atoms with Crippen molar-refractivity contribution in [1.82, 2.24) is 25.4 Å². The highest BCUT2D eigenvalue weighted by atomic mass is 16.2. The Kier molecular flexibility index (Phi) is 8.23. The van der Waals surface area contributed by atoms with E-state index in [9.17, 15) is 9.59 Å². The van der Waals surface area contributed by atoms with Gasteiger partial charge in [0.15, 0.2) is 5.65 Å². The van der Waals surface area contributed by atoms with Gasteiger partial charge in [0.1, 0.15) is 0 Å². The Morgan fingerprint density at radius 1 is 1.18 bits per heavy atom. The van der Waals surface area contributed by atoms with Crippen LogP contribution >= 0.6 is 0 Å². The zero-order valence-corrected chi connectivity index (χ0v) is 23.8. The van der Waals surface area contributed by atoms with Crippen LogP contribution in [0.4, 0.5) is 0 Å². The molecule has 2 aliphatic rings. The maximum absolute atomic E-state index is 13.6. The van der Waals surface area contributed by atoms with Crippen molar-refractivity contribution in [3.8, 4) is 11.3 Å². The van der Waals surface area contributed by atoms with Crippen molar-refractivity contribution < 1.29 is 9.59 Å². The Morgan fingerprint density at radius 3 is 2.73 bits per heavy atom. The van der Waals surface area contributed by atoms with Gasteiger partial charge in [0, 0.05) is 42.5 Å². The molecular weight excluding hydrogens is 502 g/mol. The molecule has 9 nitrogen and oxygen atoms in total. The molecule has 1 aromatic carbocycles. The third kappa shape index (κ3) is 5.90. The van der Waals surface area contributed by atoms with Crippen LogP contribution in [0.3, 0.4) is 0 Å². The topological polar surface area (TPSA) is 127 Å². The number of rotatable bonds is 8. The smallest absolute Gasteiger partial charge is 0.254 e. The average molecular weight is 542 g/mol. The predicted molar refractivity (Wildman–Crippen MR) is 158 cm³/mol. The van der Waals surface area contributed by atoms with Crippen LogP contribution in [-0.4, -0.2) is 50.9 Å². The van der Waals surface area contributed by atoms with Gasteiger partial charge in [0.05, 0.1) is 28.8 Å². The molecular formula is C31H39N7O2. The molecule has 9 heteroatoms. The number of nitrogens with one attached hydrogen (secondary N) is 2. The Hall–Kier alpha value is -3.69. The zero-order valence-electron chi connectivity index (χ0n) is 23.8. The third-order valence-corrected chi connectivity index (χ3v) is 7.95. The number of pyridine rings is 1. The third-order valence-electron chi connectivity index (χ3n) is 7.95. The van der Waals surface area contributed by atoms with Crippen LogP contribution < -0.4 is 16.4 Å². The first-order valence-electron chi connectivity index (χ1n) is 14.2. The van der Waals surface area contributed by atoms with Gasteiger partial charge in [-0.1, -0.05) is 36.6 Å². The monoisotopic (exact) mass is 541 g/mol. The van der Waals surface area contributed by atoms with Gasteiger partial charge in [-0.25, -0.2) is 14.7 Å². The molecule has 3 atom stereocenters. The van der Waals surface area contributed by atoms with Crippen molar-refractivity contribution in [3.63, 3.8) is 0 Å². The summed E-state index contributed by atoms with van der Waals surface area (Å²) in [6.45, 7) is 8.67. The van der Waals surface area contributed by atoms with Crippen LogP contribution in [0.25, 0.3) is 22.3 Å². The quantitative estimate of drug-likeness (QED) is 0.390. The first-order chi connectivity index (χ1) is 19.2. The summed E-state index contributed by atoms with van der Waals surface area (Å²) in [6.07, 6.45) is 8.16. The van der Waals surface area contributed by atoms with Gasteiger partial charge in [-0.2, -0.15) is 5.10 Å². The highest BCUT2D eigenvalue weighted by Crippen LogP contribution is 2.28. The molecule has 1 saturated carbocycles. The second-order valence-corrected chi connectivity index (χ2v) is 11.4. The van der Waals surface area contributed by atoms with E-state index in [2.05, 4.69) is 32.9 Å². The summed E-state index contributed by atoms with van der Waals surface area (Å²) in [5.74, 6) is -0.970. The zero-order chi connectivity index (χ0) is 28.4. The Labute approximate surface area is 235 Å². The SMILES string of the molecule is CC1=CC(C)=NC(=O)C1CNC(=O)c1cc(-c2cccc(CNC3CCCCC3N)c2)nc2c1cnn2C(C)C. The Bertz CT molecular complexity index is 1490. The van der Waals surface area contributed by atoms with Crippen LogP contribution in [0.15, 0.2) is 53.2 Å². The number of aliphatic imine (C=N–C) groups is 1. The minimum Gasteiger partial charge on any atom is -0.351 e. The number of nitrogens with zero attached hydrogens (tertiary/aromatic N) is 4. The number of hydrogen-bond acceptors (Lipinski definition) is 6. The van der Waals surface area contributed by atoms with E-state index >= 15 is 0 Å². The molecule has 1 aliphatic carbocycles. The molecule has 3 unspecified atom stereocenters. The first kappa shape index (κ1) is 27.9. The van der Waals surface area contributed by atoms with E-state index in [1.807, 2.05) is 49.7 Å². The van der Waals surface area contributed by atoms with Crippen LogP contribution in [0.5, 0.6) is 0 Å². The highest BCUT2D eigenvalue weighted by Gasteiger charge is 2.26. The van der Waals surface area contributed by atoms with E-state index in [1.165, 1.54) is 12.8 Å². The normalized spacial score (nSPS) is 21.4. The lowest BCUT2D eigenvalue weighted by molar-refractivity contribution is -0.120. The first-order valence-corrected chi connectivity index (χ1v) is 14.2. The van der Waals surface area contributed by atoms with E-state index < -0.39 is 5.92 Å². The molecule has 5 rings (SSSR count). The summed E-state index contributed by atoms with van der Waals surface area (Å²) >= 11 is 0. The van der Waals surface area contributed by atoms with E-state index in [-0.39, 0.29) is 30.4 Å². The number of hydrogen-bond donors (Lipinski definition) is 3. The molecule has 3 aromatic rings. The molecule has 4 N–H and O–H groups in total. The van der Waals surface area contributed by atoms with Crippen LogP contribution in [-0.2, 0) is 11.3 Å². The molecule has 2 amide bonds. The van der Waals surface area contributed by atoms with Gasteiger partial charge in [-0.3, -0.25) is 9.59 Å². The van der Waals surface area contributed by atoms with Gasteiger partial charge in [0.2, 0.25) is 0 Å². The van der Waals surface area contributed by atoms with Gasteiger partial charge >= 0.3 is 0 Å². The maximum Gasteiger partial charge on any atom is 0.254 e. The lowest BCUT2D eigenvalue weighted by Gasteiger charge is -2.29. The number of dihydropyridines is 1. The van der Waals surface area contributed by atoms with E-state index in [1.54, 1.807) is 13.1 Å². The predicted octanol–water partition coefficient (Wildman–Crippen LogP) is 4.33. The van der Waals surface area contributed by atoms with Crippen molar-refractivity contribution >= 4 is 28.6 Å². The molecule has 3 heterocycles. The molecule has 0 saturated heterocycles. The van der Waals surface area contributed by atoms with Crippen molar-refractivity contribution in [2.45, 2.75) is 78.0 Å². The van der Waals surface area contributed by atoms with Crippen molar-refractivity contribution in [3.05, 3.63) is 59.3 Å². The number of carbonyl (C=O) groups is 2. The molecule has 0 bridgehead atoms. The molecule has 0 radical (unpaired) electrons. The summed E-state index contributed by atoms with van der Waals surface area (Å²) < 4.78 is 1.83. The summed E-state index contributed by atoms with van der Waals surface area (Å²) in [5, 5.41) is 11.8. The standard InChI is InChI=1S/C31H39N7O2/c1-18(2)38-29-25(17-35-38)23(30(39)34-16-24-19(3)12-20(4)36-31(24)40)14-28(37-29)22-9-7-8-21(13-22)15-33-27-11-6-5-10-26(27)32/h7-9,12-14,17-18,24,26-27,33H,5-6,10-11,15-16,32H2,1-4H3,(H,34,39). The van der Waals surface area contributed by atoms with Gasteiger partial charge in [-0.05, 0) is 64.3 Å². The minimum atomic E-state index is -0.468. The number of benzene rings is 1. The Morgan fingerprint density at radius 2 is 1.98 bits per heavy atom. The lowest BCUT2D eigenvalue weighted by atomic mass is 9.91. The number of carbonyl (C=O) groups excluding carboxylic acids is 2. The van der Waals surface area contributed by atoms with Gasteiger partial charge < -0.3 is 16.4 Å². The largest absolute Gasteiger partial charge is 0.351 e. The van der Waals surface area contributed by atoms with E-state index in [4.69, 9.17) is 10.7 Å². The number of allylic oxidation sites excluding steroid dienone is 1. The molecule has 2 aromatic heterocycles. The summed E-state index contributed by atoms with van der Waals surface area (Å²) in [4.78, 5) is 35.1. The fourth-order valence-corrected chi connectivity index (χ4v) is 5.68. The second kappa shape index (κ2) is 11.8. The minimum absolute atomic E-state index is 0.0696. The second-order valence-electron chi connectivity index (χ2n) is 11.4. The van der Waals surface area contributed by atoms with Crippen LogP contribution in [0.1, 0.15) is 75.3 Å². The van der Waals surface area contributed by atoms with Crippen molar-refractivity contribution in [2.24, 2.45) is 16.6 Å². The van der Waals surface area contributed by atoms with Crippen LogP contribution in [0.2, 0.25) is 0 Å². The fraction of sp³-hybridized carbons (Fsp3) is 0.452. The van der Waals surface area contributed by atoms with E-state index in [0.29, 0.717) is 34.0 Å². The number of aromatic nitrogens is 3. The van der Waals surface area contributed by atoms with Crippen molar-refractivity contribution in [1.29, 1.82) is 0 Å². The molecule has 1 fully saturated rings. The molecule has 0 spiro atoms.